The first kappa shape index (κ1) is 35.8. The van der Waals surface area contributed by atoms with Gasteiger partial charge < -0.3 is 25.6 Å². The summed E-state index contributed by atoms with van der Waals surface area (Å²) in [6.45, 7) is 4.57. The highest BCUT2D eigenvalue weighted by Gasteiger charge is 2.68. The van der Waals surface area contributed by atoms with Gasteiger partial charge in [0.2, 0.25) is 17.6 Å². The van der Waals surface area contributed by atoms with Gasteiger partial charge in [0.1, 0.15) is 23.5 Å². The second-order valence-electron chi connectivity index (χ2n) is 13.9. The highest BCUT2D eigenvalue weighted by Crippen LogP contribution is 2.66. The van der Waals surface area contributed by atoms with Crippen molar-refractivity contribution in [2.24, 2.45) is 28.6 Å². The number of thioether (sulfide) groups is 1. The molecule has 3 saturated carbocycles. The molecule has 4 aliphatic rings. The SMILES string of the molecule is CSCC[C@H](NC(=O)[C@H](C)NC(=O)CCC(=O)OCC(=O)[C@@]1(O)CC[C@@H]2[C@@H]3CCC4=CC(=O)CC[C@]4(C)[C@@H]3C(=O)C[C@@]21C)C(=O)O. The number of esters is 1. The van der Waals surface area contributed by atoms with Crippen molar-refractivity contribution in [3.05, 3.63) is 11.6 Å². The van der Waals surface area contributed by atoms with E-state index in [0.717, 1.165) is 5.57 Å². The van der Waals surface area contributed by atoms with E-state index in [2.05, 4.69) is 17.6 Å². The molecular weight excluding hydrogens is 616 g/mol. The van der Waals surface area contributed by atoms with Crippen molar-refractivity contribution in [1.29, 1.82) is 0 Å². The van der Waals surface area contributed by atoms with E-state index in [1.165, 1.54) is 18.7 Å². The number of carboxylic acids is 1. The molecule has 12 nitrogen and oxygen atoms in total. The van der Waals surface area contributed by atoms with Gasteiger partial charge in [0, 0.05) is 30.6 Å². The van der Waals surface area contributed by atoms with Gasteiger partial charge in [-0.3, -0.25) is 28.8 Å². The fourth-order valence-corrected chi connectivity index (χ4v) is 9.04. The minimum atomic E-state index is -1.85. The van der Waals surface area contributed by atoms with Gasteiger partial charge in [-0.15, -0.1) is 0 Å². The van der Waals surface area contributed by atoms with E-state index in [0.29, 0.717) is 37.9 Å². The molecule has 0 unspecified atom stereocenters. The quantitative estimate of drug-likeness (QED) is 0.211. The average molecular weight is 663 g/mol. The number of hydrogen-bond acceptors (Lipinski definition) is 10. The lowest BCUT2D eigenvalue weighted by atomic mass is 9.46. The molecule has 254 valence electrons. The Morgan fingerprint density at radius 2 is 1.78 bits per heavy atom. The topological polar surface area (TPSA) is 193 Å². The summed E-state index contributed by atoms with van der Waals surface area (Å²) < 4.78 is 5.16. The first-order valence-electron chi connectivity index (χ1n) is 16.1. The van der Waals surface area contributed by atoms with Crippen LogP contribution in [0.25, 0.3) is 0 Å². The van der Waals surface area contributed by atoms with Crippen LogP contribution >= 0.6 is 11.8 Å². The second-order valence-corrected chi connectivity index (χ2v) is 14.8. The molecule has 3 fully saturated rings. The summed E-state index contributed by atoms with van der Waals surface area (Å²) in [6, 6.07) is -2.13. The predicted molar refractivity (Wildman–Crippen MR) is 167 cm³/mol. The number of ketones is 3. The lowest BCUT2D eigenvalue weighted by Gasteiger charge is -2.57. The molecule has 0 heterocycles. The molecular formula is C33H46N2O10S. The number of aliphatic hydroxyl groups is 1. The third-order valence-corrected chi connectivity index (χ3v) is 11.8. The molecule has 0 spiro atoms. The first-order chi connectivity index (χ1) is 21.6. The van der Waals surface area contributed by atoms with Gasteiger partial charge in [-0.25, -0.2) is 4.79 Å². The predicted octanol–water partition coefficient (Wildman–Crippen LogP) is 2.15. The van der Waals surface area contributed by atoms with Crippen molar-refractivity contribution in [3.8, 4) is 0 Å². The van der Waals surface area contributed by atoms with Gasteiger partial charge >= 0.3 is 11.9 Å². The number of amides is 2. The molecule has 0 aromatic heterocycles. The van der Waals surface area contributed by atoms with Gasteiger partial charge in [-0.1, -0.05) is 19.4 Å². The van der Waals surface area contributed by atoms with Crippen molar-refractivity contribution in [2.75, 3.05) is 18.6 Å². The number of carbonyl (C=O) groups is 7. The van der Waals surface area contributed by atoms with Crippen LogP contribution in [0.15, 0.2) is 11.6 Å². The van der Waals surface area contributed by atoms with Crippen LogP contribution in [0.1, 0.15) is 85.0 Å². The number of fused-ring (bicyclic) bond motifs is 5. The number of hydrogen-bond donors (Lipinski definition) is 4. The fraction of sp³-hybridized carbons (Fsp3) is 0.727. The summed E-state index contributed by atoms with van der Waals surface area (Å²) >= 11 is 1.44. The zero-order valence-electron chi connectivity index (χ0n) is 27.0. The molecule has 2 amide bonds. The van der Waals surface area contributed by atoms with E-state index in [1.807, 2.05) is 6.26 Å². The normalized spacial score (nSPS) is 33.0. The molecule has 0 saturated heterocycles. The monoisotopic (exact) mass is 662 g/mol. The number of aliphatic carboxylic acids is 1. The minimum absolute atomic E-state index is 0.00341. The molecule has 8 atom stereocenters. The molecule has 0 aromatic rings. The molecule has 0 aliphatic heterocycles. The Bertz CT molecular complexity index is 1330. The Hall–Kier alpha value is -3.06. The van der Waals surface area contributed by atoms with E-state index < -0.39 is 64.7 Å². The van der Waals surface area contributed by atoms with Gasteiger partial charge in [-0.05, 0) is 80.8 Å². The average Bonchev–Trinajstić information content (AvgIpc) is 3.27. The number of ether oxygens (including phenoxy) is 1. The molecule has 4 N–H and O–H groups in total. The summed E-state index contributed by atoms with van der Waals surface area (Å²) in [5.41, 5.74) is -2.21. The van der Waals surface area contributed by atoms with Gasteiger partial charge in [-0.2, -0.15) is 11.8 Å². The first-order valence-corrected chi connectivity index (χ1v) is 17.5. The molecule has 46 heavy (non-hydrogen) atoms. The van der Waals surface area contributed by atoms with Crippen LogP contribution in [-0.4, -0.2) is 87.6 Å². The zero-order chi connectivity index (χ0) is 34.0. The van der Waals surface area contributed by atoms with Crippen molar-refractivity contribution >= 4 is 52.9 Å². The highest BCUT2D eigenvalue weighted by molar-refractivity contribution is 7.98. The van der Waals surface area contributed by atoms with Gasteiger partial charge in [0.15, 0.2) is 12.4 Å². The van der Waals surface area contributed by atoms with E-state index in [9.17, 15) is 43.8 Å². The van der Waals surface area contributed by atoms with Crippen LogP contribution in [0.4, 0.5) is 0 Å². The van der Waals surface area contributed by atoms with Crippen LogP contribution in [-0.2, 0) is 38.3 Å². The smallest absolute Gasteiger partial charge is 0.326 e. The third-order valence-electron chi connectivity index (χ3n) is 11.2. The van der Waals surface area contributed by atoms with Gasteiger partial charge in [0.25, 0.3) is 0 Å². The second kappa shape index (κ2) is 14.0. The van der Waals surface area contributed by atoms with Crippen LogP contribution in [0.2, 0.25) is 0 Å². The maximum absolute atomic E-state index is 13.8. The highest BCUT2D eigenvalue weighted by atomic mass is 32.2. The largest absolute Gasteiger partial charge is 0.480 e. The van der Waals surface area contributed by atoms with Crippen molar-refractivity contribution in [2.45, 2.75) is 103 Å². The molecule has 13 heteroatoms. The maximum atomic E-state index is 13.8. The van der Waals surface area contributed by atoms with Crippen molar-refractivity contribution in [3.63, 3.8) is 0 Å². The standard InChI is InChI=1S/C33H46N2O10S/c1-18(29(41)35-23(30(42)43)11-14-46-4)34-26(39)7-8-27(40)45-17-25(38)33(44)13-10-22-21-6-5-19-15-20(36)9-12-31(19,2)28(21)24(37)16-32(22,33)3/h15,18,21-23,28,44H,5-14,16-17H2,1-4H3,(H,34,39)(H,35,41)(H,42,43)/t18-,21-,22+,23-,28-,31-,32-,33-/m0/s1. The van der Waals surface area contributed by atoms with Crippen LogP contribution in [0.3, 0.4) is 0 Å². The van der Waals surface area contributed by atoms with Crippen molar-refractivity contribution < 1.29 is 48.5 Å². The van der Waals surface area contributed by atoms with Crippen LogP contribution in [0, 0.1) is 28.6 Å². The lowest BCUT2D eigenvalue weighted by molar-refractivity contribution is -0.173. The number of carboxylic acid groups (broad SMARTS) is 1. The molecule has 4 rings (SSSR count). The Morgan fingerprint density at radius 3 is 2.46 bits per heavy atom. The number of nitrogens with one attached hydrogen (secondary N) is 2. The molecule has 0 bridgehead atoms. The summed E-state index contributed by atoms with van der Waals surface area (Å²) in [4.78, 5) is 87.8. The van der Waals surface area contributed by atoms with Crippen LogP contribution < -0.4 is 10.6 Å². The Balaban J connectivity index is 1.29. The Kier molecular flexibility index (Phi) is 10.9. The summed E-state index contributed by atoms with van der Waals surface area (Å²) in [7, 11) is 0. The van der Waals surface area contributed by atoms with Gasteiger partial charge in [0.05, 0.1) is 6.42 Å². The number of Topliss-reactive ketones (excluding diaryl/α,β-unsaturated/α-hetero) is 2. The molecule has 0 aromatic carbocycles. The van der Waals surface area contributed by atoms with E-state index >= 15 is 0 Å². The number of rotatable bonds is 13. The Labute approximate surface area is 273 Å². The molecule has 4 aliphatic carbocycles. The summed E-state index contributed by atoms with van der Waals surface area (Å²) in [5, 5.41) is 25.9. The van der Waals surface area contributed by atoms with E-state index in [-0.39, 0.29) is 61.4 Å². The number of allylic oxidation sites excluding steroid dienone is 1. The van der Waals surface area contributed by atoms with Crippen LogP contribution in [0.5, 0.6) is 0 Å². The fourth-order valence-electron chi connectivity index (χ4n) is 8.57. The maximum Gasteiger partial charge on any atom is 0.326 e. The van der Waals surface area contributed by atoms with E-state index in [1.54, 1.807) is 13.0 Å². The zero-order valence-corrected chi connectivity index (χ0v) is 27.8. The van der Waals surface area contributed by atoms with Crippen molar-refractivity contribution in [1.82, 2.24) is 10.6 Å². The lowest BCUT2D eigenvalue weighted by Crippen LogP contribution is -2.61. The summed E-state index contributed by atoms with van der Waals surface area (Å²) in [5.74, 6) is -3.71. The third kappa shape index (κ3) is 6.81. The van der Waals surface area contributed by atoms with E-state index in [4.69, 9.17) is 4.74 Å². The Morgan fingerprint density at radius 1 is 1.07 bits per heavy atom. The summed E-state index contributed by atoms with van der Waals surface area (Å²) in [6.07, 6.45) is 6.26. The molecule has 0 radical (unpaired) electrons. The number of carbonyl (C=O) groups excluding carboxylic acids is 6. The minimum Gasteiger partial charge on any atom is -0.480 e.